The number of aromatic nitrogens is 2. The molecular formula is C12H9F4N3O2. The summed E-state index contributed by atoms with van der Waals surface area (Å²) >= 11 is 0. The first kappa shape index (κ1) is 14.9. The van der Waals surface area contributed by atoms with Gasteiger partial charge in [-0.2, -0.15) is 18.2 Å². The molecule has 0 atom stereocenters. The summed E-state index contributed by atoms with van der Waals surface area (Å²) in [6, 6.07) is 2.00. The molecule has 0 aliphatic rings. The molecule has 5 nitrogen and oxygen atoms in total. The number of carbonyl (C=O) groups excluding carboxylic acids is 1. The number of hydrogen-bond acceptors (Lipinski definition) is 4. The molecule has 1 N–H and O–H groups in total. The highest BCUT2D eigenvalue weighted by Gasteiger charge is 2.34. The predicted octanol–water partition coefficient (Wildman–Crippen LogP) is 2.47. The Morgan fingerprint density at radius 1 is 1.38 bits per heavy atom. The topological polar surface area (TPSA) is 68.0 Å². The SMILES string of the molecule is Cc1noc(CNC(=O)c2ccc(F)c(C(F)(F)F)c2)n1. The third-order valence-electron chi connectivity index (χ3n) is 2.50. The van der Waals surface area contributed by atoms with Crippen molar-refractivity contribution in [3.63, 3.8) is 0 Å². The Morgan fingerprint density at radius 3 is 2.67 bits per heavy atom. The third kappa shape index (κ3) is 3.56. The molecule has 2 aromatic rings. The lowest BCUT2D eigenvalue weighted by atomic mass is 10.1. The third-order valence-corrected chi connectivity index (χ3v) is 2.50. The Labute approximate surface area is 116 Å². The minimum atomic E-state index is -4.87. The number of halogens is 4. The van der Waals surface area contributed by atoms with Crippen molar-refractivity contribution in [2.24, 2.45) is 0 Å². The number of benzene rings is 1. The van der Waals surface area contributed by atoms with Crippen LogP contribution in [0.15, 0.2) is 22.7 Å². The number of aryl methyl sites for hydroxylation is 1. The van der Waals surface area contributed by atoms with E-state index in [1.807, 2.05) is 0 Å². The fourth-order valence-electron chi connectivity index (χ4n) is 1.55. The zero-order chi connectivity index (χ0) is 15.6. The standard InChI is InChI=1S/C12H9F4N3O2/c1-6-18-10(21-19-6)5-17-11(20)7-2-3-9(13)8(4-7)12(14,15)16/h2-4H,5H2,1H3,(H,17,20). The van der Waals surface area contributed by atoms with Crippen LogP contribution < -0.4 is 5.32 Å². The normalized spacial score (nSPS) is 11.5. The summed E-state index contributed by atoms with van der Waals surface area (Å²) in [5.41, 5.74) is -1.82. The Hall–Kier alpha value is -2.45. The molecule has 9 heteroatoms. The van der Waals surface area contributed by atoms with Gasteiger partial charge in [-0.05, 0) is 25.1 Å². The molecule has 21 heavy (non-hydrogen) atoms. The van der Waals surface area contributed by atoms with E-state index < -0.39 is 23.5 Å². The van der Waals surface area contributed by atoms with Crippen LogP contribution in [0.1, 0.15) is 27.6 Å². The monoisotopic (exact) mass is 303 g/mol. The fourth-order valence-corrected chi connectivity index (χ4v) is 1.55. The van der Waals surface area contributed by atoms with Crippen molar-refractivity contribution in [2.75, 3.05) is 0 Å². The van der Waals surface area contributed by atoms with Crippen LogP contribution >= 0.6 is 0 Å². The lowest BCUT2D eigenvalue weighted by Gasteiger charge is -2.09. The highest BCUT2D eigenvalue weighted by Crippen LogP contribution is 2.31. The molecule has 0 fully saturated rings. The van der Waals surface area contributed by atoms with Crippen molar-refractivity contribution < 1.29 is 26.9 Å². The second kappa shape index (κ2) is 5.51. The van der Waals surface area contributed by atoms with Gasteiger partial charge in [0.2, 0.25) is 5.89 Å². The van der Waals surface area contributed by atoms with Gasteiger partial charge in [0.1, 0.15) is 5.82 Å². The maximum Gasteiger partial charge on any atom is 0.419 e. The Bertz CT molecular complexity index is 667. The summed E-state index contributed by atoms with van der Waals surface area (Å²) in [6.45, 7) is 1.43. The average molecular weight is 303 g/mol. The molecule has 0 saturated heterocycles. The molecule has 0 radical (unpaired) electrons. The molecule has 0 spiro atoms. The average Bonchev–Trinajstić information content (AvgIpc) is 2.81. The first-order valence-corrected chi connectivity index (χ1v) is 5.71. The minimum absolute atomic E-state index is 0.110. The Kier molecular flexibility index (Phi) is 3.92. The lowest BCUT2D eigenvalue weighted by molar-refractivity contribution is -0.140. The van der Waals surface area contributed by atoms with Crippen LogP contribution in [-0.4, -0.2) is 16.0 Å². The fraction of sp³-hybridized carbons (Fsp3) is 0.250. The van der Waals surface area contributed by atoms with Crippen LogP contribution in [0, 0.1) is 12.7 Å². The van der Waals surface area contributed by atoms with Gasteiger partial charge in [-0.15, -0.1) is 0 Å². The quantitative estimate of drug-likeness (QED) is 0.884. The maximum atomic E-state index is 13.1. The number of nitrogens with one attached hydrogen (secondary N) is 1. The molecule has 0 aliphatic heterocycles. The highest BCUT2D eigenvalue weighted by molar-refractivity contribution is 5.94. The van der Waals surface area contributed by atoms with E-state index in [-0.39, 0.29) is 18.0 Å². The molecule has 1 heterocycles. The number of amides is 1. The first-order valence-electron chi connectivity index (χ1n) is 5.71. The van der Waals surface area contributed by atoms with E-state index in [0.717, 1.165) is 6.07 Å². The maximum absolute atomic E-state index is 13.1. The Balaban J connectivity index is 2.12. The zero-order valence-corrected chi connectivity index (χ0v) is 10.7. The predicted molar refractivity (Wildman–Crippen MR) is 61.6 cm³/mol. The molecule has 0 saturated carbocycles. The van der Waals surface area contributed by atoms with Crippen LogP contribution in [0.3, 0.4) is 0 Å². The zero-order valence-electron chi connectivity index (χ0n) is 10.7. The number of alkyl halides is 3. The van der Waals surface area contributed by atoms with Crippen molar-refractivity contribution in [3.05, 3.63) is 46.9 Å². The summed E-state index contributed by atoms with van der Waals surface area (Å²) in [6.07, 6.45) is -4.87. The lowest BCUT2D eigenvalue weighted by Crippen LogP contribution is -2.23. The van der Waals surface area contributed by atoms with Gasteiger partial charge < -0.3 is 9.84 Å². The van der Waals surface area contributed by atoms with E-state index in [1.54, 1.807) is 6.92 Å². The van der Waals surface area contributed by atoms with Gasteiger partial charge in [-0.25, -0.2) is 4.39 Å². The van der Waals surface area contributed by atoms with E-state index in [2.05, 4.69) is 15.5 Å². The van der Waals surface area contributed by atoms with E-state index in [1.165, 1.54) is 0 Å². The number of hydrogen-bond donors (Lipinski definition) is 1. The van der Waals surface area contributed by atoms with Gasteiger partial charge in [0.15, 0.2) is 5.82 Å². The van der Waals surface area contributed by atoms with Crippen molar-refractivity contribution in [3.8, 4) is 0 Å². The molecule has 1 amide bonds. The first-order chi connectivity index (χ1) is 9.77. The van der Waals surface area contributed by atoms with Crippen molar-refractivity contribution in [1.29, 1.82) is 0 Å². The van der Waals surface area contributed by atoms with E-state index in [0.29, 0.717) is 18.0 Å². The van der Waals surface area contributed by atoms with Gasteiger partial charge in [0.05, 0.1) is 12.1 Å². The molecule has 1 aromatic heterocycles. The molecule has 0 unspecified atom stereocenters. The smallest absolute Gasteiger partial charge is 0.343 e. The van der Waals surface area contributed by atoms with E-state index >= 15 is 0 Å². The van der Waals surface area contributed by atoms with Crippen LogP contribution in [0.2, 0.25) is 0 Å². The second-order valence-electron chi connectivity index (χ2n) is 4.11. The number of nitrogens with zero attached hydrogens (tertiary/aromatic N) is 2. The summed E-state index contributed by atoms with van der Waals surface area (Å²) in [4.78, 5) is 15.5. The van der Waals surface area contributed by atoms with Crippen LogP contribution in [0.25, 0.3) is 0 Å². The van der Waals surface area contributed by atoms with Crippen molar-refractivity contribution >= 4 is 5.91 Å². The highest BCUT2D eigenvalue weighted by atomic mass is 19.4. The van der Waals surface area contributed by atoms with Gasteiger partial charge in [-0.1, -0.05) is 5.16 Å². The van der Waals surface area contributed by atoms with E-state index in [4.69, 9.17) is 4.52 Å². The van der Waals surface area contributed by atoms with Gasteiger partial charge in [0, 0.05) is 5.56 Å². The van der Waals surface area contributed by atoms with Crippen LogP contribution in [0.4, 0.5) is 17.6 Å². The second-order valence-corrected chi connectivity index (χ2v) is 4.11. The minimum Gasteiger partial charge on any atom is -0.343 e. The molecule has 0 bridgehead atoms. The van der Waals surface area contributed by atoms with Gasteiger partial charge in [-0.3, -0.25) is 4.79 Å². The molecule has 1 aromatic carbocycles. The van der Waals surface area contributed by atoms with Gasteiger partial charge >= 0.3 is 6.18 Å². The van der Waals surface area contributed by atoms with Crippen LogP contribution in [-0.2, 0) is 12.7 Å². The summed E-state index contributed by atoms with van der Waals surface area (Å²) in [5, 5.41) is 5.79. The van der Waals surface area contributed by atoms with Crippen LogP contribution in [0.5, 0.6) is 0 Å². The molecule has 0 aliphatic carbocycles. The molecule has 112 valence electrons. The largest absolute Gasteiger partial charge is 0.419 e. The molecular weight excluding hydrogens is 294 g/mol. The van der Waals surface area contributed by atoms with Crippen molar-refractivity contribution in [1.82, 2.24) is 15.5 Å². The molecule has 2 rings (SSSR count). The Morgan fingerprint density at radius 2 is 2.10 bits per heavy atom. The van der Waals surface area contributed by atoms with E-state index in [9.17, 15) is 22.4 Å². The van der Waals surface area contributed by atoms with Gasteiger partial charge in [0.25, 0.3) is 5.91 Å². The number of rotatable bonds is 3. The summed E-state index contributed by atoms with van der Waals surface area (Å²) in [7, 11) is 0. The summed E-state index contributed by atoms with van der Waals surface area (Å²) < 4.78 is 55.5. The van der Waals surface area contributed by atoms with Crippen molar-refractivity contribution in [2.45, 2.75) is 19.6 Å². The summed E-state index contributed by atoms with van der Waals surface area (Å²) in [5.74, 6) is -1.78. The number of carbonyl (C=O) groups is 1.